The molecule has 1 unspecified atom stereocenters. The molecule has 0 aliphatic heterocycles. The first-order chi connectivity index (χ1) is 10.0. The summed E-state index contributed by atoms with van der Waals surface area (Å²) < 4.78 is 34.5. The molecule has 1 aromatic heterocycles. The summed E-state index contributed by atoms with van der Waals surface area (Å²) in [4.78, 5) is 5.30. The van der Waals surface area contributed by atoms with Gasteiger partial charge in [0.25, 0.3) is 0 Å². The lowest BCUT2D eigenvalue weighted by Gasteiger charge is -2.15. The highest BCUT2D eigenvalue weighted by molar-refractivity contribution is 7.11. The van der Waals surface area contributed by atoms with Gasteiger partial charge in [0, 0.05) is 11.1 Å². The monoisotopic (exact) mass is 314 g/mol. The first kappa shape index (κ1) is 15.7. The number of benzene rings is 1. The zero-order chi connectivity index (χ0) is 15.4. The van der Waals surface area contributed by atoms with E-state index in [1.165, 1.54) is 17.4 Å². The smallest absolute Gasteiger partial charge is 0.387 e. The van der Waals surface area contributed by atoms with Crippen LogP contribution < -0.4 is 15.2 Å². The summed E-state index contributed by atoms with van der Waals surface area (Å²) >= 11 is 1.50. The summed E-state index contributed by atoms with van der Waals surface area (Å²) in [7, 11) is 0. The van der Waals surface area contributed by atoms with Crippen molar-refractivity contribution in [1.82, 2.24) is 4.98 Å². The summed E-state index contributed by atoms with van der Waals surface area (Å²) in [6.07, 6.45) is 1.75. The average molecular weight is 314 g/mol. The number of alkyl halides is 2. The number of thiazole rings is 1. The van der Waals surface area contributed by atoms with Gasteiger partial charge in [-0.3, -0.25) is 0 Å². The van der Waals surface area contributed by atoms with Gasteiger partial charge in [-0.1, -0.05) is 6.07 Å². The molecular formula is C14H16F2N2O2S. The average Bonchev–Trinajstić information content (AvgIpc) is 2.86. The third-order valence-corrected chi connectivity index (χ3v) is 3.74. The molecule has 21 heavy (non-hydrogen) atoms. The number of halogens is 2. The van der Waals surface area contributed by atoms with Crippen LogP contribution in [0.2, 0.25) is 0 Å². The molecule has 0 radical (unpaired) electrons. The first-order valence-electron chi connectivity index (χ1n) is 6.40. The van der Waals surface area contributed by atoms with Crippen molar-refractivity contribution in [3.05, 3.63) is 39.8 Å². The summed E-state index contributed by atoms with van der Waals surface area (Å²) in [5.41, 5.74) is 6.88. The summed E-state index contributed by atoms with van der Waals surface area (Å²) in [5, 5.41) is 0.762. The molecule has 0 aliphatic rings. The van der Waals surface area contributed by atoms with Crippen molar-refractivity contribution in [2.45, 2.75) is 26.5 Å². The van der Waals surface area contributed by atoms with E-state index in [4.69, 9.17) is 10.5 Å². The second-order valence-electron chi connectivity index (χ2n) is 4.30. The van der Waals surface area contributed by atoms with Crippen molar-refractivity contribution < 1.29 is 18.3 Å². The minimum atomic E-state index is -2.90. The molecule has 4 nitrogen and oxygen atoms in total. The fourth-order valence-electron chi connectivity index (χ4n) is 1.84. The normalized spacial score (nSPS) is 12.5. The summed E-state index contributed by atoms with van der Waals surface area (Å²) in [6, 6.07) is 4.26. The van der Waals surface area contributed by atoms with Gasteiger partial charge in [0.05, 0.1) is 12.6 Å². The fraction of sp³-hybridized carbons (Fsp3) is 0.357. The van der Waals surface area contributed by atoms with Gasteiger partial charge in [-0.25, -0.2) is 4.98 Å². The van der Waals surface area contributed by atoms with Crippen LogP contribution in [0.1, 0.15) is 28.4 Å². The number of nitrogens with zero attached hydrogens (tertiary/aromatic N) is 1. The fourth-order valence-corrected chi connectivity index (χ4v) is 2.64. The highest BCUT2D eigenvalue weighted by Crippen LogP contribution is 2.33. The third-order valence-electron chi connectivity index (χ3n) is 2.75. The SMILES string of the molecule is CCOc1cc(C(N)c2ncc(C)s2)ccc1OC(F)F. The standard InChI is InChI=1S/C14H16F2N2O2S/c1-3-19-11-6-9(4-5-10(11)20-14(15)16)12(17)13-18-7-8(2)21-13/h4-7,12,14H,3,17H2,1-2H3. The van der Waals surface area contributed by atoms with E-state index in [2.05, 4.69) is 9.72 Å². The van der Waals surface area contributed by atoms with Crippen LogP contribution in [0.25, 0.3) is 0 Å². The van der Waals surface area contributed by atoms with Crippen LogP contribution in [0.4, 0.5) is 8.78 Å². The Kier molecular flexibility index (Phi) is 5.08. The second-order valence-corrected chi connectivity index (χ2v) is 5.57. The maximum absolute atomic E-state index is 12.4. The van der Waals surface area contributed by atoms with Crippen LogP contribution in [0.3, 0.4) is 0 Å². The third kappa shape index (κ3) is 3.89. The zero-order valence-corrected chi connectivity index (χ0v) is 12.5. The van der Waals surface area contributed by atoms with Gasteiger partial charge in [0.2, 0.25) is 0 Å². The Morgan fingerprint density at radius 1 is 1.33 bits per heavy atom. The van der Waals surface area contributed by atoms with Crippen molar-refractivity contribution in [1.29, 1.82) is 0 Å². The van der Waals surface area contributed by atoms with Gasteiger partial charge in [-0.05, 0) is 31.5 Å². The van der Waals surface area contributed by atoms with Gasteiger partial charge in [-0.2, -0.15) is 8.78 Å². The van der Waals surface area contributed by atoms with Crippen LogP contribution in [0.15, 0.2) is 24.4 Å². The molecule has 1 heterocycles. The molecule has 0 saturated heterocycles. The van der Waals surface area contributed by atoms with E-state index in [0.717, 1.165) is 15.4 Å². The Morgan fingerprint density at radius 2 is 2.10 bits per heavy atom. The van der Waals surface area contributed by atoms with Gasteiger partial charge in [-0.15, -0.1) is 11.3 Å². The molecule has 2 N–H and O–H groups in total. The van der Waals surface area contributed by atoms with Crippen molar-refractivity contribution in [2.75, 3.05) is 6.61 Å². The molecule has 2 rings (SSSR count). The lowest BCUT2D eigenvalue weighted by Crippen LogP contribution is -2.12. The van der Waals surface area contributed by atoms with Crippen LogP contribution in [-0.4, -0.2) is 18.2 Å². The van der Waals surface area contributed by atoms with Gasteiger partial charge in [0.1, 0.15) is 5.01 Å². The molecule has 1 aromatic carbocycles. The van der Waals surface area contributed by atoms with Crippen molar-refractivity contribution in [3.63, 3.8) is 0 Å². The summed E-state index contributed by atoms with van der Waals surface area (Å²) in [5.74, 6) is 0.247. The summed E-state index contributed by atoms with van der Waals surface area (Å²) in [6.45, 7) is 1.15. The van der Waals surface area contributed by atoms with E-state index in [0.29, 0.717) is 6.61 Å². The van der Waals surface area contributed by atoms with Crippen molar-refractivity contribution in [2.24, 2.45) is 5.73 Å². The molecule has 7 heteroatoms. The molecule has 0 saturated carbocycles. The van der Waals surface area contributed by atoms with Crippen LogP contribution in [-0.2, 0) is 0 Å². The molecule has 1 atom stereocenters. The number of ether oxygens (including phenoxy) is 2. The van der Waals surface area contributed by atoms with Crippen LogP contribution in [0.5, 0.6) is 11.5 Å². The van der Waals surface area contributed by atoms with Gasteiger partial charge < -0.3 is 15.2 Å². The Hall–Kier alpha value is -1.73. The van der Waals surface area contributed by atoms with E-state index in [9.17, 15) is 8.78 Å². The van der Waals surface area contributed by atoms with E-state index < -0.39 is 12.7 Å². The Bertz CT molecular complexity index is 604. The molecule has 0 amide bonds. The number of aromatic nitrogens is 1. The minimum Gasteiger partial charge on any atom is -0.490 e. The topological polar surface area (TPSA) is 57.4 Å². The highest BCUT2D eigenvalue weighted by Gasteiger charge is 2.17. The number of aryl methyl sites for hydroxylation is 1. The number of rotatable bonds is 6. The first-order valence-corrected chi connectivity index (χ1v) is 7.22. The Labute approximate surface area is 125 Å². The predicted molar refractivity (Wildman–Crippen MR) is 77.1 cm³/mol. The lowest BCUT2D eigenvalue weighted by atomic mass is 10.1. The molecular weight excluding hydrogens is 298 g/mol. The highest BCUT2D eigenvalue weighted by atomic mass is 32.1. The maximum Gasteiger partial charge on any atom is 0.387 e. The van der Waals surface area contributed by atoms with Crippen molar-refractivity contribution in [3.8, 4) is 11.5 Å². The number of hydrogen-bond donors (Lipinski definition) is 1. The predicted octanol–water partition coefficient (Wildman–Crippen LogP) is 3.50. The number of hydrogen-bond acceptors (Lipinski definition) is 5. The van der Waals surface area contributed by atoms with E-state index >= 15 is 0 Å². The quantitative estimate of drug-likeness (QED) is 0.886. The number of nitrogens with two attached hydrogens (primary N) is 1. The molecule has 0 bridgehead atoms. The molecule has 114 valence electrons. The molecule has 2 aromatic rings. The second kappa shape index (κ2) is 6.82. The van der Waals surface area contributed by atoms with Crippen LogP contribution >= 0.6 is 11.3 Å². The Balaban J connectivity index is 2.30. The van der Waals surface area contributed by atoms with E-state index in [1.807, 2.05) is 6.92 Å². The van der Waals surface area contributed by atoms with Gasteiger partial charge in [0.15, 0.2) is 11.5 Å². The van der Waals surface area contributed by atoms with Gasteiger partial charge >= 0.3 is 6.61 Å². The largest absolute Gasteiger partial charge is 0.490 e. The van der Waals surface area contributed by atoms with Crippen molar-refractivity contribution >= 4 is 11.3 Å². The van der Waals surface area contributed by atoms with E-state index in [-0.39, 0.29) is 11.5 Å². The Morgan fingerprint density at radius 3 is 2.67 bits per heavy atom. The molecule has 0 fully saturated rings. The molecule has 0 aliphatic carbocycles. The molecule has 0 spiro atoms. The zero-order valence-electron chi connectivity index (χ0n) is 11.7. The maximum atomic E-state index is 12.4. The van der Waals surface area contributed by atoms with Crippen LogP contribution in [0, 0.1) is 6.92 Å². The minimum absolute atomic E-state index is 0.00174. The lowest BCUT2D eigenvalue weighted by molar-refractivity contribution is -0.0514. The van der Waals surface area contributed by atoms with E-state index in [1.54, 1.807) is 25.3 Å².